The number of halogens is 1. The van der Waals surface area contributed by atoms with Crippen molar-refractivity contribution >= 4 is 11.9 Å². The minimum Gasteiger partial charge on any atom is -0.385 e. The molecule has 5 N–H and O–H groups in total. The number of aliphatic hydroxyl groups excluding tert-OH is 1. The average Bonchev–Trinajstić information content (AvgIpc) is 2.94. The molecule has 0 radical (unpaired) electrons. The summed E-state index contributed by atoms with van der Waals surface area (Å²) in [6.45, 7) is 0.334. The number of amides is 3. The van der Waals surface area contributed by atoms with Crippen LogP contribution in [0.1, 0.15) is 24.5 Å². The van der Waals surface area contributed by atoms with Gasteiger partial charge in [-0.2, -0.15) is 0 Å². The standard InChI is InChI=1S/C19H20FN3O3/c20-15-8-6-13(7-9-15)12-2-4-14(5-3-12)16(24)19(10-1-11-21)17(25)22-18(26)23-19/h2-9,16,24H,1,10-11,21H2,(H2,22,23,25,26). The summed E-state index contributed by atoms with van der Waals surface area (Å²) in [7, 11) is 0. The SMILES string of the molecule is NCCCC1(C(O)c2ccc(-c3ccc(F)cc3)cc2)NC(=O)NC1=O. The lowest BCUT2D eigenvalue weighted by molar-refractivity contribution is -0.128. The maximum atomic E-state index is 13.0. The molecular formula is C19H20FN3O3. The summed E-state index contributed by atoms with van der Waals surface area (Å²) in [5.41, 5.74) is 6.26. The predicted molar refractivity (Wildman–Crippen MR) is 94.5 cm³/mol. The number of aliphatic hydroxyl groups is 1. The lowest BCUT2D eigenvalue weighted by Crippen LogP contribution is -2.52. The van der Waals surface area contributed by atoms with Crippen LogP contribution in [-0.2, 0) is 4.79 Å². The number of imide groups is 1. The van der Waals surface area contributed by atoms with Gasteiger partial charge in [0.1, 0.15) is 11.9 Å². The van der Waals surface area contributed by atoms with Crippen molar-refractivity contribution in [2.75, 3.05) is 6.54 Å². The number of urea groups is 1. The van der Waals surface area contributed by atoms with Crippen molar-refractivity contribution < 1.29 is 19.1 Å². The first-order valence-electron chi connectivity index (χ1n) is 8.34. The molecule has 3 amide bonds. The van der Waals surface area contributed by atoms with E-state index in [0.717, 1.165) is 11.1 Å². The van der Waals surface area contributed by atoms with E-state index in [1.54, 1.807) is 36.4 Å². The lowest BCUT2D eigenvalue weighted by atomic mass is 9.83. The lowest BCUT2D eigenvalue weighted by Gasteiger charge is -2.31. The summed E-state index contributed by atoms with van der Waals surface area (Å²) in [6.07, 6.45) is -0.525. The molecule has 1 saturated heterocycles. The fourth-order valence-electron chi connectivity index (χ4n) is 3.18. The topological polar surface area (TPSA) is 104 Å². The van der Waals surface area contributed by atoms with Crippen LogP contribution in [0, 0.1) is 5.82 Å². The molecular weight excluding hydrogens is 337 g/mol. The van der Waals surface area contributed by atoms with E-state index in [-0.39, 0.29) is 12.2 Å². The summed E-state index contributed by atoms with van der Waals surface area (Å²) >= 11 is 0. The molecule has 2 aromatic carbocycles. The van der Waals surface area contributed by atoms with Gasteiger partial charge in [0.25, 0.3) is 5.91 Å². The monoisotopic (exact) mass is 357 g/mol. The molecule has 0 saturated carbocycles. The molecule has 2 aromatic rings. The zero-order valence-electron chi connectivity index (χ0n) is 14.0. The van der Waals surface area contributed by atoms with E-state index in [1.165, 1.54) is 12.1 Å². The Morgan fingerprint density at radius 1 is 1.04 bits per heavy atom. The number of benzene rings is 2. The highest BCUT2D eigenvalue weighted by Gasteiger charge is 2.51. The fraction of sp³-hybridized carbons (Fsp3) is 0.263. The highest BCUT2D eigenvalue weighted by atomic mass is 19.1. The Labute approximate surface area is 150 Å². The minimum atomic E-state index is -1.44. The maximum Gasteiger partial charge on any atom is 0.322 e. The second-order valence-electron chi connectivity index (χ2n) is 6.30. The van der Waals surface area contributed by atoms with Gasteiger partial charge >= 0.3 is 6.03 Å². The third-order valence-electron chi connectivity index (χ3n) is 4.61. The molecule has 136 valence electrons. The molecule has 7 heteroatoms. The Morgan fingerprint density at radius 3 is 2.12 bits per heavy atom. The number of hydrogen-bond donors (Lipinski definition) is 4. The average molecular weight is 357 g/mol. The van der Waals surface area contributed by atoms with Crippen molar-refractivity contribution in [2.24, 2.45) is 5.73 Å². The van der Waals surface area contributed by atoms with Crippen molar-refractivity contribution in [3.8, 4) is 11.1 Å². The number of nitrogens with two attached hydrogens (primary N) is 1. The van der Waals surface area contributed by atoms with E-state index in [0.29, 0.717) is 18.5 Å². The number of hydrogen-bond acceptors (Lipinski definition) is 4. The Balaban J connectivity index is 1.88. The van der Waals surface area contributed by atoms with E-state index in [1.807, 2.05) is 0 Å². The first kappa shape index (κ1) is 18.0. The molecule has 0 aliphatic carbocycles. The van der Waals surface area contributed by atoms with E-state index in [4.69, 9.17) is 5.73 Å². The van der Waals surface area contributed by atoms with Crippen LogP contribution < -0.4 is 16.4 Å². The largest absolute Gasteiger partial charge is 0.385 e. The molecule has 1 fully saturated rings. The molecule has 1 heterocycles. The Hall–Kier alpha value is -2.77. The van der Waals surface area contributed by atoms with Gasteiger partial charge in [-0.05, 0) is 48.2 Å². The van der Waals surface area contributed by atoms with Crippen LogP contribution in [0.3, 0.4) is 0 Å². The van der Waals surface area contributed by atoms with Crippen molar-refractivity contribution in [3.63, 3.8) is 0 Å². The van der Waals surface area contributed by atoms with Crippen molar-refractivity contribution in [1.82, 2.24) is 10.6 Å². The molecule has 2 atom stereocenters. The molecule has 1 aliphatic rings. The van der Waals surface area contributed by atoms with Crippen LogP contribution in [0.4, 0.5) is 9.18 Å². The highest BCUT2D eigenvalue weighted by molar-refractivity contribution is 6.07. The molecule has 1 aliphatic heterocycles. The van der Waals surface area contributed by atoms with Crippen molar-refractivity contribution in [2.45, 2.75) is 24.5 Å². The smallest absolute Gasteiger partial charge is 0.322 e. The predicted octanol–water partition coefficient (Wildman–Crippen LogP) is 1.84. The van der Waals surface area contributed by atoms with E-state index < -0.39 is 23.6 Å². The number of rotatable bonds is 6. The van der Waals surface area contributed by atoms with Crippen LogP contribution in [0.25, 0.3) is 11.1 Å². The first-order chi connectivity index (χ1) is 12.5. The number of carbonyl (C=O) groups excluding carboxylic acids is 2. The Bertz CT molecular complexity index is 808. The van der Waals surface area contributed by atoms with Gasteiger partial charge in [-0.25, -0.2) is 9.18 Å². The zero-order valence-corrected chi connectivity index (χ0v) is 14.0. The quantitative estimate of drug-likeness (QED) is 0.592. The van der Waals surface area contributed by atoms with Gasteiger partial charge in [0.2, 0.25) is 0 Å². The molecule has 2 unspecified atom stereocenters. The van der Waals surface area contributed by atoms with Crippen molar-refractivity contribution in [3.05, 3.63) is 59.9 Å². The second-order valence-corrected chi connectivity index (χ2v) is 6.30. The fourth-order valence-corrected chi connectivity index (χ4v) is 3.18. The molecule has 0 bridgehead atoms. The maximum absolute atomic E-state index is 13.0. The summed E-state index contributed by atoms with van der Waals surface area (Å²) in [6, 6.07) is 12.4. The van der Waals surface area contributed by atoms with Crippen LogP contribution in [-0.4, -0.2) is 29.1 Å². The minimum absolute atomic E-state index is 0.224. The third kappa shape index (κ3) is 3.31. The Kier molecular flexibility index (Phi) is 5.01. The first-order valence-corrected chi connectivity index (χ1v) is 8.34. The summed E-state index contributed by atoms with van der Waals surface area (Å²) in [4.78, 5) is 23.9. The van der Waals surface area contributed by atoms with Gasteiger partial charge in [-0.1, -0.05) is 36.4 Å². The summed E-state index contributed by atoms with van der Waals surface area (Å²) in [5.74, 6) is -0.878. The zero-order chi connectivity index (χ0) is 18.7. The van der Waals surface area contributed by atoms with Gasteiger partial charge in [-0.3, -0.25) is 10.1 Å². The number of carbonyl (C=O) groups is 2. The van der Waals surface area contributed by atoms with Crippen molar-refractivity contribution in [1.29, 1.82) is 0 Å². The van der Waals surface area contributed by atoms with Crippen LogP contribution in [0.15, 0.2) is 48.5 Å². The van der Waals surface area contributed by atoms with Crippen LogP contribution in [0.5, 0.6) is 0 Å². The molecule has 26 heavy (non-hydrogen) atoms. The van der Waals surface area contributed by atoms with Crippen LogP contribution >= 0.6 is 0 Å². The third-order valence-corrected chi connectivity index (χ3v) is 4.61. The van der Waals surface area contributed by atoms with E-state index in [9.17, 15) is 19.1 Å². The van der Waals surface area contributed by atoms with Gasteiger partial charge in [0.15, 0.2) is 5.54 Å². The molecule has 0 spiro atoms. The second kappa shape index (κ2) is 7.23. The van der Waals surface area contributed by atoms with Gasteiger partial charge in [-0.15, -0.1) is 0 Å². The van der Waals surface area contributed by atoms with E-state index >= 15 is 0 Å². The van der Waals surface area contributed by atoms with Gasteiger partial charge < -0.3 is 16.2 Å². The number of nitrogens with one attached hydrogen (secondary N) is 2. The summed E-state index contributed by atoms with van der Waals surface area (Å²) < 4.78 is 13.0. The normalized spacial score (nSPS) is 20.6. The van der Waals surface area contributed by atoms with Gasteiger partial charge in [0.05, 0.1) is 0 Å². The molecule has 0 aromatic heterocycles. The molecule has 3 rings (SSSR count). The van der Waals surface area contributed by atoms with Crippen LogP contribution in [0.2, 0.25) is 0 Å². The van der Waals surface area contributed by atoms with Gasteiger partial charge in [0, 0.05) is 0 Å². The Morgan fingerprint density at radius 2 is 1.62 bits per heavy atom. The highest BCUT2D eigenvalue weighted by Crippen LogP contribution is 2.33. The summed E-state index contributed by atoms with van der Waals surface area (Å²) in [5, 5.41) is 15.6. The molecule has 6 nitrogen and oxygen atoms in total. The van der Waals surface area contributed by atoms with E-state index in [2.05, 4.69) is 10.6 Å².